The monoisotopic (exact) mass is 364 g/mol. The van der Waals surface area contributed by atoms with Crippen molar-refractivity contribution in [3.8, 4) is 11.1 Å². The lowest BCUT2D eigenvalue weighted by atomic mass is 10.0. The Kier molecular flexibility index (Phi) is 4.07. The molecule has 0 unspecified atom stereocenters. The summed E-state index contributed by atoms with van der Waals surface area (Å²) in [6.07, 6.45) is 0.438. The zero-order valence-corrected chi connectivity index (χ0v) is 13.0. The van der Waals surface area contributed by atoms with E-state index in [4.69, 9.17) is 4.42 Å². The van der Waals surface area contributed by atoms with Crippen LogP contribution in [0.2, 0.25) is 0 Å². The number of fused-ring (bicyclic) bond motifs is 1. The van der Waals surface area contributed by atoms with Crippen LogP contribution in [-0.2, 0) is 6.42 Å². The Morgan fingerprint density at radius 3 is 2.59 bits per heavy atom. The molecule has 0 aliphatic rings. The van der Waals surface area contributed by atoms with Crippen molar-refractivity contribution >= 4 is 26.9 Å². The van der Waals surface area contributed by atoms with E-state index in [1.807, 2.05) is 0 Å². The highest BCUT2D eigenvalue weighted by Crippen LogP contribution is 2.27. The molecule has 0 atom stereocenters. The third kappa shape index (κ3) is 2.57. The van der Waals surface area contributed by atoms with Gasteiger partial charge in [-0.1, -0.05) is 34.1 Å². The number of halogens is 3. The fourth-order valence-electron chi connectivity index (χ4n) is 2.44. The van der Waals surface area contributed by atoms with E-state index >= 15 is 0 Å². The average molecular weight is 365 g/mol. The van der Waals surface area contributed by atoms with Crippen molar-refractivity contribution in [2.75, 3.05) is 5.33 Å². The van der Waals surface area contributed by atoms with Gasteiger partial charge in [0.25, 0.3) is 0 Å². The van der Waals surface area contributed by atoms with Crippen LogP contribution < -0.4 is 5.43 Å². The van der Waals surface area contributed by atoms with Crippen LogP contribution in [0.1, 0.15) is 5.76 Å². The lowest BCUT2D eigenvalue weighted by Crippen LogP contribution is -2.11. The number of rotatable bonds is 3. The molecule has 0 amide bonds. The second-order valence-corrected chi connectivity index (χ2v) is 5.58. The van der Waals surface area contributed by atoms with E-state index < -0.39 is 17.1 Å². The average Bonchev–Trinajstić information content (AvgIpc) is 2.47. The van der Waals surface area contributed by atoms with Crippen molar-refractivity contribution in [1.29, 1.82) is 0 Å². The van der Waals surface area contributed by atoms with Gasteiger partial charge in [-0.15, -0.1) is 0 Å². The lowest BCUT2D eigenvalue weighted by Gasteiger charge is -2.10. The van der Waals surface area contributed by atoms with E-state index in [0.29, 0.717) is 23.1 Å². The largest absolute Gasteiger partial charge is 0.460 e. The highest BCUT2D eigenvalue weighted by molar-refractivity contribution is 9.09. The van der Waals surface area contributed by atoms with E-state index in [9.17, 15) is 13.6 Å². The zero-order chi connectivity index (χ0) is 15.7. The Bertz CT molecular complexity index is 903. The van der Waals surface area contributed by atoms with Gasteiger partial charge in [-0.05, 0) is 29.8 Å². The Hall–Kier alpha value is -2.01. The number of benzene rings is 2. The first-order valence-electron chi connectivity index (χ1n) is 6.68. The number of aryl methyl sites for hydroxylation is 1. The van der Waals surface area contributed by atoms with Gasteiger partial charge in [-0.2, -0.15) is 0 Å². The molecule has 2 aromatic carbocycles. The summed E-state index contributed by atoms with van der Waals surface area (Å²) in [6.45, 7) is 0. The van der Waals surface area contributed by atoms with Crippen molar-refractivity contribution in [2.45, 2.75) is 6.42 Å². The molecule has 1 aromatic heterocycles. The van der Waals surface area contributed by atoms with Crippen LogP contribution in [0.25, 0.3) is 22.1 Å². The predicted octanol–water partition coefficient (Wildman–Crippen LogP) is 4.68. The van der Waals surface area contributed by atoms with E-state index in [1.54, 1.807) is 12.1 Å². The number of hydrogen-bond acceptors (Lipinski definition) is 2. The van der Waals surface area contributed by atoms with Gasteiger partial charge in [0.05, 0.1) is 5.56 Å². The van der Waals surface area contributed by atoms with Gasteiger partial charge >= 0.3 is 0 Å². The molecule has 0 aliphatic heterocycles. The molecular weight excluding hydrogens is 354 g/mol. The molecule has 0 bridgehead atoms. The summed E-state index contributed by atoms with van der Waals surface area (Å²) in [6, 6.07) is 9.90. The molecule has 1 heterocycles. The maximum absolute atomic E-state index is 14.0. The second-order valence-electron chi connectivity index (χ2n) is 4.79. The summed E-state index contributed by atoms with van der Waals surface area (Å²) in [5.74, 6) is -0.699. The fraction of sp³-hybridized carbons (Fsp3) is 0.118. The minimum absolute atomic E-state index is 0.111. The molecule has 22 heavy (non-hydrogen) atoms. The van der Waals surface area contributed by atoms with Crippen LogP contribution in [0.15, 0.2) is 51.7 Å². The van der Waals surface area contributed by atoms with Crippen LogP contribution in [0, 0.1) is 11.6 Å². The van der Waals surface area contributed by atoms with E-state index in [-0.39, 0.29) is 16.5 Å². The van der Waals surface area contributed by atoms with Crippen LogP contribution >= 0.6 is 15.9 Å². The topological polar surface area (TPSA) is 30.2 Å². The van der Waals surface area contributed by atoms with Gasteiger partial charge in [-0.3, -0.25) is 4.79 Å². The Morgan fingerprint density at radius 2 is 1.86 bits per heavy atom. The van der Waals surface area contributed by atoms with Crippen molar-refractivity contribution < 1.29 is 13.2 Å². The smallest absolute Gasteiger partial charge is 0.203 e. The normalized spacial score (nSPS) is 11.0. The molecule has 0 saturated heterocycles. The van der Waals surface area contributed by atoms with E-state index in [1.165, 1.54) is 30.3 Å². The van der Waals surface area contributed by atoms with Gasteiger partial charge in [0.2, 0.25) is 5.43 Å². The van der Waals surface area contributed by atoms with Crippen molar-refractivity contribution in [3.05, 3.63) is 70.1 Å². The molecule has 0 fully saturated rings. The van der Waals surface area contributed by atoms with E-state index in [0.717, 1.165) is 0 Å². The molecule has 0 N–H and O–H groups in total. The summed E-state index contributed by atoms with van der Waals surface area (Å²) in [4.78, 5) is 12.7. The third-order valence-electron chi connectivity index (χ3n) is 3.38. The zero-order valence-electron chi connectivity index (χ0n) is 11.4. The molecule has 0 radical (unpaired) electrons. The highest BCUT2D eigenvalue weighted by Gasteiger charge is 2.18. The van der Waals surface area contributed by atoms with Gasteiger partial charge < -0.3 is 4.42 Å². The molecule has 0 saturated carbocycles. The Morgan fingerprint density at radius 1 is 1.09 bits per heavy atom. The molecular formula is C17H11BrF2O2. The van der Waals surface area contributed by atoms with Crippen LogP contribution in [0.3, 0.4) is 0 Å². The molecule has 5 heteroatoms. The summed E-state index contributed by atoms with van der Waals surface area (Å²) >= 11 is 3.30. The number of hydrogen-bond donors (Lipinski definition) is 0. The number of alkyl halides is 1. The fourth-order valence-corrected chi connectivity index (χ4v) is 2.80. The minimum atomic E-state index is -0.644. The SMILES string of the molecule is O=c1c(-c2cccc(F)c2)c(CCBr)oc2cccc(F)c12. The standard InChI is InChI=1S/C17H11BrF2O2/c18-8-7-14-15(10-3-1-4-11(19)9-10)17(21)16-12(20)5-2-6-13(16)22-14/h1-6,9H,7-8H2. The van der Waals surface area contributed by atoms with Gasteiger partial charge in [0, 0.05) is 11.8 Å². The first kappa shape index (κ1) is 14.9. The summed E-state index contributed by atoms with van der Waals surface area (Å²) < 4.78 is 33.2. The molecule has 112 valence electrons. The Balaban J connectivity index is 2.41. The van der Waals surface area contributed by atoms with Crippen molar-refractivity contribution in [3.63, 3.8) is 0 Å². The van der Waals surface area contributed by atoms with Gasteiger partial charge in [-0.25, -0.2) is 8.78 Å². The van der Waals surface area contributed by atoms with Crippen molar-refractivity contribution in [1.82, 2.24) is 0 Å². The maximum atomic E-state index is 14.0. The van der Waals surface area contributed by atoms with Crippen LogP contribution in [-0.4, -0.2) is 5.33 Å². The Labute approximate surface area is 133 Å². The predicted molar refractivity (Wildman–Crippen MR) is 85.3 cm³/mol. The summed E-state index contributed by atoms with van der Waals surface area (Å²) in [5.41, 5.74) is 0.299. The summed E-state index contributed by atoms with van der Waals surface area (Å²) in [5, 5.41) is 0.457. The first-order chi connectivity index (χ1) is 10.6. The van der Waals surface area contributed by atoms with E-state index in [2.05, 4.69) is 15.9 Å². The van der Waals surface area contributed by atoms with Crippen molar-refractivity contribution in [2.24, 2.45) is 0 Å². The quantitative estimate of drug-likeness (QED) is 0.631. The molecule has 2 nitrogen and oxygen atoms in total. The molecule has 3 aromatic rings. The molecule has 3 rings (SSSR count). The minimum Gasteiger partial charge on any atom is -0.460 e. The second kappa shape index (κ2) is 6.01. The summed E-state index contributed by atoms with van der Waals surface area (Å²) in [7, 11) is 0. The van der Waals surface area contributed by atoms with Gasteiger partial charge in [0.1, 0.15) is 28.4 Å². The van der Waals surface area contributed by atoms with Crippen LogP contribution in [0.4, 0.5) is 8.78 Å². The lowest BCUT2D eigenvalue weighted by molar-refractivity contribution is 0.543. The third-order valence-corrected chi connectivity index (χ3v) is 3.77. The molecule has 0 spiro atoms. The first-order valence-corrected chi connectivity index (χ1v) is 7.80. The van der Waals surface area contributed by atoms with Gasteiger partial charge in [0.15, 0.2) is 0 Å². The highest BCUT2D eigenvalue weighted by atomic mass is 79.9. The molecule has 0 aliphatic carbocycles. The maximum Gasteiger partial charge on any atom is 0.203 e. The van der Waals surface area contributed by atoms with Crippen LogP contribution in [0.5, 0.6) is 0 Å².